The normalized spacial score (nSPS) is 25.7. The van der Waals surface area contributed by atoms with E-state index in [0.29, 0.717) is 12.1 Å². The summed E-state index contributed by atoms with van der Waals surface area (Å²) in [5.74, 6) is -4.12. The van der Waals surface area contributed by atoms with Gasteiger partial charge in [-0.05, 0) is 26.3 Å². The van der Waals surface area contributed by atoms with Crippen molar-refractivity contribution in [3.05, 3.63) is 35.9 Å². The molecule has 1 aromatic rings. The van der Waals surface area contributed by atoms with Gasteiger partial charge in [-0.3, -0.25) is 24.1 Å². The van der Waals surface area contributed by atoms with Crippen LogP contribution in [-0.4, -0.2) is 97.3 Å². The molecule has 12 nitrogen and oxygen atoms in total. The number of carbonyl (C=O) groups excluding carboxylic acids is 5. The van der Waals surface area contributed by atoms with Gasteiger partial charge in [0, 0.05) is 24.4 Å². The molecule has 2 unspecified atom stereocenters. The number of piperazine rings is 1. The van der Waals surface area contributed by atoms with E-state index in [1.807, 2.05) is 0 Å². The summed E-state index contributed by atoms with van der Waals surface area (Å²) in [6, 6.07) is 4.11. The van der Waals surface area contributed by atoms with Gasteiger partial charge in [-0.25, -0.2) is 9.59 Å². The second-order valence-electron chi connectivity index (χ2n) is 9.22. The Labute approximate surface area is 211 Å². The summed E-state index contributed by atoms with van der Waals surface area (Å²) in [6.45, 7) is 5.67. The molecule has 3 fully saturated rings. The molecule has 1 aromatic carbocycles. The first kappa shape index (κ1) is 25.5. The zero-order chi connectivity index (χ0) is 26.4. The number of thioether (sulfide) groups is 1. The smallest absolute Gasteiger partial charge is 0.327 e. The van der Waals surface area contributed by atoms with E-state index in [0.717, 1.165) is 4.90 Å². The van der Waals surface area contributed by atoms with E-state index in [1.54, 1.807) is 51.1 Å². The second-order valence-corrected chi connectivity index (χ2v) is 11.0. The van der Waals surface area contributed by atoms with E-state index in [1.165, 1.54) is 21.6 Å². The standard InChI is InChI=1S/C23H27N5O7S/c1-4-26-10-11-27(19(32)18(26)31)22(35)25-13(12-8-6-5-7-9-12)16(29)24-14-17(30)28-15(21(33)34)23(2,3)36-20(14)28/h5-9,13-15,20H,4,10-11H2,1-3H3,(H,24,29)(H,25,35)(H,33,34)/t13-,14?,15-,20?/m1/s1. The number of aliphatic carboxylic acids is 1. The molecular formula is C23H27N5O7S. The van der Waals surface area contributed by atoms with Crippen molar-refractivity contribution >= 4 is 47.4 Å². The number of urea groups is 1. The van der Waals surface area contributed by atoms with Crippen LogP contribution in [0.25, 0.3) is 0 Å². The fourth-order valence-corrected chi connectivity index (χ4v) is 6.32. The van der Waals surface area contributed by atoms with Crippen molar-refractivity contribution in [2.75, 3.05) is 19.6 Å². The zero-order valence-electron chi connectivity index (χ0n) is 20.0. The van der Waals surface area contributed by atoms with Crippen molar-refractivity contribution in [1.82, 2.24) is 25.3 Å². The monoisotopic (exact) mass is 517 g/mol. The lowest BCUT2D eigenvalue weighted by Crippen LogP contribution is -2.71. The Kier molecular flexibility index (Phi) is 6.69. The highest BCUT2D eigenvalue weighted by molar-refractivity contribution is 8.01. The third-order valence-electron chi connectivity index (χ3n) is 6.57. The number of β-lactam (4-membered cyclic amide) rings is 1. The van der Waals surface area contributed by atoms with Crippen molar-refractivity contribution in [3.8, 4) is 0 Å². The average molecular weight is 518 g/mol. The third kappa shape index (κ3) is 4.27. The van der Waals surface area contributed by atoms with Crippen molar-refractivity contribution in [3.63, 3.8) is 0 Å². The molecule has 0 spiro atoms. The number of hydrogen-bond acceptors (Lipinski definition) is 7. The molecule has 0 radical (unpaired) electrons. The highest BCUT2D eigenvalue weighted by Gasteiger charge is 2.64. The van der Waals surface area contributed by atoms with Gasteiger partial charge < -0.3 is 25.5 Å². The van der Waals surface area contributed by atoms with Gasteiger partial charge in [0.25, 0.3) is 0 Å². The summed E-state index contributed by atoms with van der Waals surface area (Å²) >= 11 is 1.28. The molecule has 3 aliphatic rings. The summed E-state index contributed by atoms with van der Waals surface area (Å²) in [6.07, 6.45) is 0. The molecule has 0 bridgehead atoms. The van der Waals surface area contributed by atoms with E-state index in [9.17, 15) is 33.9 Å². The average Bonchev–Trinajstić information content (AvgIpc) is 3.10. The Morgan fingerprint density at radius 1 is 1.11 bits per heavy atom. The first-order valence-corrected chi connectivity index (χ1v) is 12.3. The van der Waals surface area contributed by atoms with Crippen LogP contribution in [0, 0.1) is 0 Å². The summed E-state index contributed by atoms with van der Waals surface area (Å²) < 4.78 is -0.758. The molecule has 0 aliphatic carbocycles. The van der Waals surface area contributed by atoms with Gasteiger partial charge in [-0.2, -0.15) is 0 Å². The number of likely N-dealkylation sites (N-methyl/N-ethyl adjacent to an activating group) is 1. The van der Waals surface area contributed by atoms with Gasteiger partial charge in [0.2, 0.25) is 11.8 Å². The second kappa shape index (κ2) is 9.45. The molecule has 36 heavy (non-hydrogen) atoms. The largest absolute Gasteiger partial charge is 0.480 e. The Hall–Kier alpha value is -3.61. The number of benzene rings is 1. The maximum absolute atomic E-state index is 13.3. The zero-order valence-corrected chi connectivity index (χ0v) is 20.8. The number of carboxylic acids is 1. The number of imide groups is 1. The molecule has 3 aliphatic heterocycles. The molecule has 192 valence electrons. The van der Waals surface area contributed by atoms with Gasteiger partial charge in [-0.1, -0.05) is 30.3 Å². The minimum Gasteiger partial charge on any atom is -0.480 e. The Morgan fingerprint density at radius 3 is 2.39 bits per heavy atom. The predicted octanol–water partition coefficient (Wildman–Crippen LogP) is -0.240. The van der Waals surface area contributed by atoms with E-state index in [4.69, 9.17) is 0 Å². The fraction of sp³-hybridized carbons (Fsp3) is 0.478. The fourth-order valence-electron chi connectivity index (χ4n) is 4.70. The molecular weight excluding hydrogens is 490 g/mol. The molecule has 0 aromatic heterocycles. The van der Waals surface area contributed by atoms with Crippen LogP contribution in [0.3, 0.4) is 0 Å². The van der Waals surface area contributed by atoms with Gasteiger partial charge >= 0.3 is 23.8 Å². The van der Waals surface area contributed by atoms with Gasteiger partial charge in [0.15, 0.2) is 0 Å². The minimum absolute atomic E-state index is 0.0200. The Balaban J connectivity index is 1.51. The van der Waals surface area contributed by atoms with Crippen LogP contribution in [0.4, 0.5) is 4.79 Å². The third-order valence-corrected chi connectivity index (χ3v) is 8.14. The lowest BCUT2D eigenvalue weighted by molar-refractivity contribution is -0.161. The minimum atomic E-state index is -1.26. The number of amides is 6. The first-order valence-electron chi connectivity index (χ1n) is 11.5. The highest BCUT2D eigenvalue weighted by Crippen LogP contribution is 2.50. The quantitative estimate of drug-likeness (QED) is 0.345. The Bertz CT molecular complexity index is 1130. The molecule has 3 N–H and O–H groups in total. The number of fused-ring (bicyclic) bond motifs is 1. The van der Waals surface area contributed by atoms with Crippen LogP contribution in [0.2, 0.25) is 0 Å². The molecule has 4 atom stereocenters. The van der Waals surface area contributed by atoms with Gasteiger partial charge in [-0.15, -0.1) is 11.8 Å². The lowest BCUT2D eigenvalue weighted by Gasteiger charge is -2.44. The van der Waals surface area contributed by atoms with E-state index in [-0.39, 0.29) is 13.1 Å². The van der Waals surface area contributed by atoms with Crippen LogP contribution in [-0.2, 0) is 24.0 Å². The number of hydrogen-bond donors (Lipinski definition) is 3. The number of carboxylic acid groups (broad SMARTS) is 1. The van der Waals surface area contributed by atoms with E-state index >= 15 is 0 Å². The molecule has 13 heteroatoms. The van der Waals surface area contributed by atoms with Crippen molar-refractivity contribution in [2.45, 2.75) is 49.0 Å². The van der Waals surface area contributed by atoms with Crippen molar-refractivity contribution in [1.29, 1.82) is 0 Å². The molecule has 4 rings (SSSR count). The lowest BCUT2D eigenvalue weighted by atomic mass is 9.95. The van der Waals surface area contributed by atoms with E-state index in [2.05, 4.69) is 10.6 Å². The topological polar surface area (TPSA) is 156 Å². The Morgan fingerprint density at radius 2 is 1.78 bits per heavy atom. The van der Waals surface area contributed by atoms with Crippen LogP contribution in [0.1, 0.15) is 32.4 Å². The van der Waals surface area contributed by atoms with E-state index < -0.39 is 63.9 Å². The van der Waals surface area contributed by atoms with Crippen molar-refractivity contribution < 1.29 is 33.9 Å². The summed E-state index contributed by atoms with van der Waals surface area (Å²) in [4.78, 5) is 78.8. The molecule has 3 saturated heterocycles. The van der Waals surface area contributed by atoms with Crippen molar-refractivity contribution in [2.24, 2.45) is 0 Å². The number of nitrogens with zero attached hydrogens (tertiary/aromatic N) is 3. The SMILES string of the molecule is CCN1CCN(C(=O)N[C@@H](C(=O)NC2C(=O)N3C2SC(C)(C)[C@H]3C(=O)O)c2ccccc2)C(=O)C1=O. The van der Waals surface area contributed by atoms with Crippen LogP contribution in [0.15, 0.2) is 30.3 Å². The summed E-state index contributed by atoms with van der Waals surface area (Å²) in [5, 5.41) is 14.2. The maximum Gasteiger partial charge on any atom is 0.327 e. The summed E-state index contributed by atoms with van der Waals surface area (Å²) in [7, 11) is 0. The van der Waals surface area contributed by atoms with Gasteiger partial charge in [0.05, 0.1) is 0 Å². The predicted molar refractivity (Wildman–Crippen MR) is 127 cm³/mol. The first-order chi connectivity index (χ1) is 17.0. The number of nitrogens with one attached hydrogen (secondary N) is 2. The van der Waals surface area contributed by atoms with Crippen LogP contribution < -0.4 is 10.6 Å². The maximum atomic E-state index is 13.3. The molecule has 6 amide bonds. The number of rotatable bonds is 6. The summed E-state index contributed by atoms with van der Waals surface area (Å²) in [5.41, 5.74) is 0.403. The molecule has 0 saturated carbocycles. The highest BCUT2D eigenvalue weighted by atomic mass is 32.2. The number of carbonyl (C=O) groups is 6. The van der Waals surface area contributed by atoms with Crippen LogP contribution in [0.5, 0.6) is 0 Å². The molecule has 3 heterocycles. The van der Waals surface area contributed by atoms with Crippen LogP contribution >= 0.6 is 11.8 Å². The van der Waals surface area contributed by atoms with Gasteiger partial charge in [0.1, 0.15) is 23.5 Å².